The average molecular weight is 273 g/mol. The first-order chi connectivity index (χ1) is 9.72. The van der Waals surface area contributed by atoms with Gasteiger partial charge < -0.3 is 10.0 Å². The van der Waals surface area contributed by atoms with Gasteiger partial charge in [0.1, 0.15) is 0 Å². The molecule has 108 valence electrons. The number of nitrogens with zero attached hydrogens (tertiary/aromatic N) is 1. The van der Waals surface area contributed by atoms with Crippen LogP contribution in [0.25, 0.3) is 0 Å². The summed E-state index contributed by atoms with van der Waals surface area (Å²) in [5.41, 5.74) is 3.03. The molecule has 2 aliphatic rings. The summed E-state index contributed by atoms with van der Waals surface area (Å²) in [4.78, 5) is 13.4. The number of hydrogen-bond donors (Lipinski definition) is 1. The predicted octanol–water partition coefficient (Wildman–Crippen LogP) is 2.73. The normalized spacial score (nSPS) is 24.3. The standard InChI is InChI=1S/C17H23NO2/c19-17(20)11-13-7-9-18(10-8-13)16-6-5-14-3-1-2-4-15(14)12-16/h1-4,13,16H,5-12H2,(H,19,20). The van der Waals surface area contributed by atoms with Gasteiger partial charge in [-0.15, -0.1) is 0 Å². The molecule has 3 nitrogen and oxygen atoms in total. The molecule has 3 rings (SSSR count). The van der Waals surface area contributed by atoms with Crippen LogP contribution < -0.4 is 0 Å². The Labute approximate surface area is 120 Å². The lowest BCUT2D eigenvalue weighted by Crippen LogP contribution is -2.44. The SMILES string of the molecule is O=C(O)CC1CCN(C2CCc3ccccc3C2)CC1. The van der Waals surface area contributed by atoms with Crippen molar-refractivity contribution >= 4 is 5.97 Å². The highest BCUT2D eigenvalue weighted by molar-refractivity contribution is 5.67. The lowest BCUT2D eigenvalue weighted by atomic mass is 9.85. The lowest BCUT2D eigenvalue weighted by molar-refractivity contribution is -0.138. The third-order valence-corrected chi connectivity index (χ3v) is 4.95. The predicted molar refractivity (Wildman–Crippen MR) is 78.8 cm³/mol. The summed E-state index contributed by atoms with van der Waals surface area (Å²) in [6.45, 7) is 2.15. The van der Waals surface area contributed by atoms with E-state index in [0.29, 0.717) is 18.4 Å². The van der Waals surface area contributed by atoms with Gasteiger partial charge >= 0.3 is 5.97 Å². The minimum Gasteiger partial charge on any atom is -0.481 e. The Kier molecular flexibility index (Phi) is 4.06. The maximum absolute atomic E-state index is 10.8. The molecule has 1 aliphatic heterocycles. The number of fused-ring (bicyclic) bond motifs is 1. The molecular formula is C17H23NO2. The molecule has 3 heteroatoms. The molecule has 1 aromatic carbocycles. The number of carboxylic acids is 1. The first-order valence-electron chi connectivity index (χ1n) is 7.75. The van der Waals surface area contributed by atoms with Crippen LogP contribution in [0.1, 0.15) is 36.8 Å². The Morgan fingerprint density at radius 3 is 2.55 bits per heavy atom. The topological polar surface area (TPSA) is 40.5 Å². The van der Waals surface area contributed by atoms with Crippen LogP contribution in [0.15, 0.2) is 24.3 Å². The van der Waals surface area contributed by atoms with Crippen LogP contribution >= 0.6 is 0 Å². The molecule has 0 aromatic heterocycles. The summed E-state index contributed by atoms with van der Waals surface area (Å²) in [5, 5.41) is 8.88. The van der Waals surface area contributed by atoms with Crippen molar-refractivity contribution in [3.63, 3.8) is 0 Å². The van der Waals surface area contributed by atoms with Gasteiger partial charge in [-0.05, 0) is 62.2 Å². The van der Waals surface area contributed by atoms with Crippen molar-refractivity contribution in [1.82, 2.24) is 4.90 Å². The van der Waals surface area contributed by atoms with E-state index in [4.69, 9.17) is 5.11 Å². The molecule has 0 radical (unpaired) electrons. The zero-order valence-electron chi connectivity index (χ0n) is 11.9. The van der Waals surface area contributed by atoms with Crippen LogP contribution in [0, 0.1) is 5.92 Å². The number of piperidine rings is 1. The first-order valence-corrected chi connectivity index (χ1v) is 7.75. The summed E-state index contributed by atoms with van der Waals surface area (Å²) in [5.74, 6) is -0.255. The molecule has 1 aromatic rings. The van der Waals surface area contributed by atoms with Gasteiger partial charge in [0.15, 0.2) is 0 Å². The van der Waals surface area contributed by atoms with E-state index in [1.54, 1.807) is 0 Å². The zero-order valence-corrected chi connectivity index (χ0v) is 11.9. The Balaban J connectivity index is 1.56. The molecule has 1 N–H and O–H groups in total. The maximum atomic E-state index is 10.8. The van der Waals surface area contributed by atoms with Gasteiger partial charge in [-0.25, -0.2) is 0 Å². The number of likely N-dealkylation sites (tertiary alicyclic amines) is 1. The Morgan fingerprint density at radius 2 is 1.85 bits per heavy atom. The van der Waals surface area contributed by atoms with Gasteiger partial charge in [0.2, 0.25) is 0 Å². The highest BCUT2D eigenvalue weighted by atomic mass is 16.4. The summed E-state index contributed by atoms with van der Waals surface area (Å²) < 4.78 is 0. The van der Waals surface area contributed by atoms with E-state index in [9.17, 15) is 4.79 Å². The van der Waals surface area contributed by atoms with Gasteiger partial charge in [0.25, 0.3) is 0 Å². The second-order valence-corrected chi connectivity index (χ2v) is 6.24. The molecule has 0 bridgehead atoms. The number of aryl methyl sites for hydroxylation is 1. The summed E-state index contributed by atoms with van der Waals surface area (Å²) in [6, 6.07) is 9.45. The Hall–Kier alpha value is -1.35. The van der Waals surface area contributed by atoms with E-state index in [1.807, 2.05) is 0 Å². The molecule has 1 unspecified atom stereocenters. The maximum Gasteiger partial charge on any atom is 0.303 e. The van der Waals surface area contributed by atoms with Crippen molar-refractivity contribution < 1.29 is 9.90 Å². The number of rotatable bonds is 3. The fraction of sp³-hybridized carbons (Fsp3) is 0.588. The molecule has 0 saturated carbocycles. The molecule has 0 amide bonds. The molecule has 1 heterocycles. The minimum atomic E-state index is -0.643. The molecule has 20 heavy (non-hydrogen) atoms. The molecule has 0 spiro atoms. The van der Waals surface area contributed by atoms with Gasteiger partial charge in [-0.1, -0.05) is 24.3 Å². The van der Waals surface area contributed by atoms with Crippen LogP contribution in [0.2, 0.25) is 0 Å². The first kappa shape index (κ1) is 13.6. The van der Waals surface area contributed by atoms with Gasteiger partial charge in [-0.3, -0.25) is 4.79 Å². The monoisotopic (exact) mass is 273 g/mol. The van der Waals surface area contributed by atoms with Crippen LogP contribution in [-0.2, 0) is 17.6 Å². The van der Waals surface area contributed by atoms with E-state index in [1.165, 1.54) is 30.4 Å². The summed E-state index contributed by atoms with van der Waals surface area (Å²) in [7, 11) is 0. The van der Waals surface area contributed by atoms with E-state index in [0.717, 1.165) is 25.9 Å². The Morgan fingerprint density at radius 1 is 1.15 bits per heavy atom. The van der Waals surface area contributed by atoms with Crippen molar-refractivity contribution in [1.29, 1.82) is 0 Å². The zero-order chi connectivity index (χ0) is 13.9. The third-order valence-electron chi connectivity index (χ3n) is 4.95. The second kappa shape index (κ2) is 5.96. The van der Waals surface area contributed by atoms with E-state index in [-0.39, 0.29) is 0 Å². The number of hydrogen-bond acceptors (Lipinski definition) is 2. The smallest absolute Gasteiger partial charge is 0.303 e. The van der Waals surface area contributed by atoms with Crippen molar-refractivity contribution in [3.05, 3.63) is 35.4 Å². The van der Waals surface area contributed by atoms with Gasteiger partial charge in [0.05, 0.1) is 0 Å². The molecule has 1 atom stereocenters. The summed E-state index contributed by atoms with van der Waals surface area (Å²) in [6.07, 6.45) is 6.05. The van der Waals surface area contributed by atoms with Crippen molar-refractivity contribution in [3.8, 4) is 0 Å². The quantitative estimate of drug-likeness (QED) is 0.920. The van der Waals surface area contributed by atoms with E-state index < -0.39 is 5.97 Å². The molecule has 1 aliphatic carbocycles. The molecule has 1 fully saturated rings. The van der Waals surface area contributed by atoms with Crippen molar-refractivity contribution in [2.45, 2.75) is 44.6 Å². The molecular weight excluding hydrogens is 250 g/mol. The third kappa shape index (κ3) is 3.04. The largest absolute Gasteiger partial charge is 0.481 e. The van der Waals surface area contributed by atoms with Crippen molar-refractivity contribution in [2.75, 3.05) is 13.1 Å². The van der Waals surface area contributed by atoms with Gasteiger partial charge in [-0.2, -0.15) is 0 Å². The number of carboxylic acid groups (broad SMARTS) is 1. The van der Waals surface area contributed by atoms with E-state index >= 15 is 0 Å². The number of carbonyl (C=O) groups is 1. The number of aliphatic carboxylic acids is 1. The van der Waals surface area contributed by atoms with Gasteiger partial charge in [0, 0.05) is 12.5 Å². The van der Waals surface area contributed by atoms with Crippen LogP contribution in [0.5, 0.6) is 0 Å². The summed E-state index contributed by atoms with van der Waals surface area (Å²) >= 11 is 0. The fourth-order valence-electron chi connectivity index (χ4n) is 3.76. The molecule has 1 saturated heterocycles. The number of benzene rings is 1. The van der Waals surface area contributed by atoms with E-state index in [2.05, 4.69) is 29.2 Å². The van der Waals surface area contributed by atoms with Crippen molar-refractivity contribution in [2.24, 2.45) is 5.92 Å². The Bertz CT molecular complexity index is 478. The highest BCUT2D eigenvalue weighted by Crippen LogP contribution is 2.28. The fourth-order valence-corrected chi connectivity index (χ4v) is 3.76. The highest BCUT2D eigenvalue weighted by Gasteiger charge is 2.28. The lowest BCUT2D eigenvalue weighted by Gasteiger charge is -2.39. The second-order valence-electron chi connectivity index (χ2n) is 6.24. The average Bonchev–Trinajstić information content (AvgIpc) is 2.47. The van der Waals surface area contributed by atoms with Crippen LogP contribution in [0.4, 0.5) is 0 Å². The van der Waals surface area contributed by atoms with Crippen LogP contribution in [0.3, 0.4) is 0 Å². The van der Waals surface area contributed by atoms with Crippen LogP contribution in [-0.4, -0.2) is 35.1 Å². The minimum absolute atomic E-state index is 0.349.